The third kappa shape index (κ3) is 3.07. The van der Waals surface area contributed by atoms with Gasteiger partial charge in [0.1, 0.15) is 0 Å². The predicted octanol–water partition coefficient (Wildman–Crippen LogP) is 1.86. The Morgan fingerprint density at radius 1 is 1.47 bits per heavy atom. The van der Waals surface area contributed by atoms with Crippen molar-refractivity contribution in [3.8, 4) is 0 Å². The van der Waals surface area contributed by atoms with Gasteiger partial charge in [0.05, 0.1) is 25.2 Å². The molecule has 0 unspecified atom stereocenters. The maximum absolute atomic E-state index is 9.29. The van der Waals surface area contributed by atoms with Crippen molar-refractivity contribution in [2.24, 2.45) is 5.41 Å². The lowest BCUT2D eigenvalue weighted by atomic mass is 9.87. The molecule has 2 rings (SSSR count). The predicted molar refractivity (Wildman–Crippen MR) is 70.9 cm³/mol. The number of aliphatic hydroxyl groups excluding tert-OH is 1. The van der Waals surface area contributed by atoms with E-state index in [-0.39, 0.29) is 12.0 Å². The van der Waals surface area contributed by atoms with Crippen molar-refractivity contribution in [2.75, 3.05) is 26.4 Å². The van der Waals surface area contributed by atoms with Gasteiger partial charge in [-0.2, -0.15) is 0 Å². The van der Waals surface area contributed by atoms with Crippen molar-refractivity contribution >= 4 is 15.9 Å². The van der Waals surface area contributed by atoms with Gasteiger partial charge in [0.25, 0.3) is 0 Å². The summed E-state index contributed by atoms with van der Waals surface area (Å²) in [4.78, 5) is 0. The summed E-state index contributed by atoms with van der Waals surface area (Å²) in [6, 6.07) is 6.34. The van der Waals surface area contributed by atoms with Gasteiger partial charge < -0.3 is 15.2 Å². The Balaban J connectivity index is 1.83. The highest BCUT2D eigenvalue weighted by atomic mass is 79.9. The molecule has 0 radical (unpaired) electrons. The average Bonchev–Trinajstić information content (AvgIpc) is 2.27. The number of hydrogen-bond acceptors (Lipinski definition) is 3. The number of nitrogens with one attached hydrogen (secondary N) is 1. The number of ether oxygens (including phenoxy) is 1. The Bertz CT molecular complexity index is 385. The van der Waals surface area contributed by atoms with Crippen molar-refractivity contribution in [3.63, 3.8) is 0 Å². The van der Waals surface area contributed by atoms with E-state index in [1.54, 1.807) is 0 Å². The third-order valence-corrected chi connectivity index (χ3v) is 4.09. The lowest BCUT2D eigenvalue weighted by Crippen LogP contribution is -2.52. The van der Waals surface area contributed by atoms with Crippen molar-refractivity contribution < 1.29 is 9.84 Å². The second-order valence-electron chi connectivity index (χ2n) is 4.84. The summed E-state index contributed by atoms with van der Waals surface area (Å²) >= 11 is 3.49. The summed E-state index contributed by atoms with van der Waals surface area (Å²) in [6.07, 6.45) is 0. The molecule has 2 N–H and O–H groups in total. The van der Waals surface area contributed by atoms with E-state index in [2.05, 4.69) is 46.4 Å². The van der Waals surface area contributed by atoms with Crippen LogP contribution in [0.3, 0.4) is 0 Å². The first-order chi connectivity index (χ1) is 8.15. The zero-order chi connectivity index (χ0) is 12.3. The highest BCUT2D eigenvalue weighted by Gasteiger charge is 2.37. The number of aliphatic hydroxyl groups is 1. The molecule has 0 saturated carbocycles. The van der Waals surface area contributed by atoms with Gasteiger partial charge in [-0.25, -0.2) is 0 Å². The molecular weight excluding hydrogens is 282 g/mol. The second kappa shape index (κ2) is 5.48. The molecule has 1 aliphatic heterocycles. The molecule has 1 fully saturated rings. The minimum absolute atomic E-state index is 0.0512. The molecule has 0 amide bonds. The van der Waals surface area contributed by atoms with E-state index in [0.717, 1.165) is 17.6 Å². The zero-order valence-corrected chi connectivity index (χ0v) is 11.6. The van der Waals surface area contributed by atoms with E-state index in [1.165, 1.54) is 11.1 Å². The van der Waals surface area contributed by atoms with Crippen molar-refractivity contribution in [1.29, 1.82) is 0 Å². The summed E-state index contributed by atoms with van der Waals surface area (Å²) in [5.74, 6) is 0. The Labute approximate surface area is 110 Å². The van der Waals surface area contributed by atoms with Gasteiger partial charge in [0.2, 0.25) is 0 Å². The van der Waals surface area contributed by atoms with Gasteiger partial charge in [-0.1, -0.05) is 28.1 Å². The summed E-state index contributed by atoms with van der Waals surface area (Å²) in [5, 5.41) is 12.7. The van der Waals surface area contributed by atoms with Gasteiger partial charge in [0.15, 0.2) is 0 Å². The van der Waals surface area contributed by atoms with Gasteiger partial charge >= 0.3 is 0 Å². The molecule has 1 saturated heterocycles. The van der Waals surface area contributed by atoms with Crippen LogP contribution in [0.1, 0.15) is 11.1 Å². The van der Waals surface area contributed by atoms with E-state index >= 15 is 0 Å². The van der Waals surface area contributed by atoms with E-state index in [9.17, 15) is 5.11 Å². The van der Waals surface area contributed by atoms with Crippen LogP contribution in [0.5, 0.6) is 0 Å². The lowest BCUT2D eigenvalue weighted by molar-refractivity contribution is -0.134. The molecule has 0 atom stereocenters. The molecule has 0 bridgehead atoms. The third-order valence-electron chi connectivity index (χ3n) is 3.20. The van der Waals surface area contributed by atoms with Gasteiger partial charge in [-0.3, -0.25) is 0 Å². The van der Waals surface area contributed by atoms with Crippen LogP contribution in [0, 0.1) is 12.3 Å². The molecule has 0 aliphatic carbocycles. The maximum Gasteiger partial charge on any atom is 0.0579 e. The Morgan fingerprint density at radius 2 is 2.24 bits per heavy atom. The zero-order valence-electron chi connectivity index (χ0n) is 10.0. The molecular formula is C13H18BrNO2. The Kier molecular flexibility index (Phi) is 4.20. The smallest absolute Gasteiger partial charge is 0.0579 e. The molecule has 1 aromatic carbocycles. The summed E-state index contributed by atoms with van der Waals surface area (Å²) in [5.41, 5.74) is 2.46. The summed E-state index contributed by atoms with van der Waals surface area (Å²) in [7, 11) is 0. The van der Waals surface area contributed by atoms with Gasteiger partial charge in [-0.15, -0.1) is 0 Å². The largest absolute Gasteiger partial charge is 0.396 e. The van der Waals surface area contributed by atoms with Crippen LogP contribution in [0.15, 0.2) is 22.7 Å². The van der Waals surface area contributed by atoms with E-state index in [4.69, 9.17) is 4.74 Å². The van der Waals surface area contributed by atoms with Crippen LogP contribution >= 0.6 is 15.9 Å². The van der Waals surface area contributed by atoms with Crippen LogP contribution in [0.2, 0.25) is 0 Å². The molecule has 4 heteroatoms. The highest BCUT2D eigenvalue weighted by Crippen LogP contribution is 2.25. The quantitative estimate of drug-likeness (QED) is 0.872. The van der Waals surface area contributed by atoms with Crippen LogP contribution in [-0.4, -0.2) is 31.5 Å². The SMILES string of the molecule is Cc1cc(CNCC2(CO)COC2)ccc1Br. The highest BCUT2D eigenvalue weighted by molar-refractivity contribution is 9.10. The molecule has 1 aliphatic rings. The van der Waals surface area contributed by atoms with E-state index < -0.39 is 0 Å². The van der Waals surface area contributed by atoms with E-state index in [1.807, 2.05) is 0 Å². The summed E-state index contributed by atoms with van der Waals surface area (Å²) < 4.78 is 6.30. The minimum Gasteiger partial charge on any atom is -0.396 e. The number of halogens is 1. The molecule has 0 spiro atoms. The molecule has 3 nitrogen and oxygen atoms in total. The maximum atomic E-state index is 9.29. The van der Waals surface area contributed by atoms with Crippen molar-refractivity contribution in [2.45, 2.75) is 13.5 Å². The molecule has 17 heavy (non-hydrogen) atoms. The number of hydrogen-bond donors (Lipinski definition) is 2. The fourth-order valence-corrected chi connectivity index (χ4v) is 2.18. The number of benzene rings is 1. The second-order valence-corrected chi connectivity index (χ2v) is 5.69. The van der Waals surface area contributed by atoms with Crippen LogP contribution in [0.4, 0.5) is 0 Å². The molecule has 0 aromatic heterocycles. The Hall–Kier alpha value is -0.420. The van der Waals surface area contributed by atoms with E-state index in [0.29, 0.717) is 13.2 Å². The average molecular weight is 300 g/mol. The topological polar surface area (TPSA) is 41.5 Å². The van der Waals surface area contributed by atoms with Crippen molar-refractivity contribution in [1.82, 2.24) is 5.32 Å². The molecule has 1 aromatic rings. The van der Waals surface area contributed by atoms with Crippen LogP contribution < -0.4 is 5.32 Å². The first-order valence-corrected chi connectivity index (χ1v) is 6.59. The summed E-state index contributed by atoms with van der Waals surface area (Å²) in [6.45, 7) is 5.24. The van der Waals surface area contributed by atoms with Gasteiger partial charge in [0, 0.05) is 17.6 Å². The van der Waals surface area contributed by atoms with Gasteiger partial charge in [-0.05, 0) is 24.1 Å². The first-order valence-electron chi connectivity index (χ1n) is 5.80. The monoisotopic (exact) mass is 299 g/mol. The fourth-order valence-electron chi connectivity index (χ4n) is 1.93. The number of aryl methyl sites for hydroxylation is 1. The molecule has 94 valence electrons. The van der Waals surface area contributed by atoms with Crippen LogP contribution in [0.25, 0.3) is 0 Å². The standard InChI is InChI=1S/C13H18BrNO2/c1-10-4-11(2-3-12(10)14)5-15-6-13(7-16)8-17-9-13/h2-4,15-16H,5-9H2,1H3. The first kappa shape index (κ1) is 13.0. The number of rotatable bonds is 5. The molecule has 1 heterocycles. The lowest BCUT2D eigenvalue weighted by Gasteiger charge is -2.40. The Morgan fingerprint density at radius 3 is 2.76 bits per heavy atom. The minimum atomic E-state index is -0.0512. The van der Waals surface area contributed by atoms with Crippen LogP contribution in [-0.2, 0) is 11.3 Å². The fraction of sp³-hybridized carbons (Fsp3) is 0.538. The normalized spacial score (nSPS) is 17.8. The van der Waals surface area contributed by atoms with Crippen molar-refractivity contribution in [3.05, 3.63) is 33.8 Å².